The van der Waals surface area contributed by atoms with Gasteiger partial charge in [0, 0.05) is 38.3 Å². The summed E-state index contributed by atoms with van der Waals surface area (Å²) in [5, 5.41) is 10.9. The number of piperazine rings is 1. The van der Waals surface area contributed by atoms with Crippen molar-refractivity contribution in [2.24, 2.45) is 0 Å². The highest BCUT2D eigenvalue weighted by atomic mass is 16.6. The van der Waals surface area contributed by atoms with Gasteiger partial charge in [0.05, 0.1) is 17.0 Å². The van der Waals surface area contributed by atoms with Crippen LogP contribution in [-0.2, 0) is 16.1 Å². The molecular weight excluding hydrogens is 360 g/mol. The smallest absolute Gasteiger partial charge is 0.420 e. The second-order valence-electron chi connectivity index (χ2n) is 5.93. The summed E-state index contributed by atoms with van der Waals surface area (Å²) in [6.45, 7) is 2.97. The number of carbonyl (C=O) groups is 2. The molecule has 0 aliphatic carbocycles. The molecule has 1 aromatic carbocycles. The number of nitro groups is 1. The van der Waals surface area contributed by atoms with Gasteiger partial charge < -0.3 is 19.0 Å². The van der Waals surface area contributed by atoms with Crippen LogP contribution in [0.1, 0.15) is 6.92 Å². The van der Waals surface area contributed by atoms with Crippen molar-refractivity contribution in [3.63, 3.8) is 0 Å². The summed E-state index contributed by atoms with van der Waals surface area (Å²) in [5.41, 5.74) is 0.158. The summed E-state index contributed by atoms with van der Waals surface area (Å²) < 4.78 is 11.0. The maximum absolute atomic E-state index is 12.5. The summed E-state index contributed by atoms with van der Waals surface area (Å²) in [5.74, 6) is -1.10. The first-order chi connectivity index (χ1) is 12.9. The van der Waals surface area contributed by atoms with Crippen LogP contribution in [0.25, 0.3) is 11.1 Å². The third-order valence-electron chi connectivity index (χ3n) is 4.31. The van der Waals surface area contributed by atoms with Gasteiger partial charge in [0.25, 0.3) is 5.69 Å². The number of non-ortho nitro benzene ring substituents is 1. The van der Waals surface area contributed by atoms with Crippen LogP contribution in [0.4, 0.5) is 10.5 Å². The quantitative estimate of drug-likeness (QED) is 0.568. The van der Waals surface area contributed by atoms with E-state index >= 15 is 0 Å². The van der Waals surface area contributed by atoms with Gasteiger partial charge >= 0.3 is 11.8 Å². The molecular formula is C16H18N4O7. The molecule has 11 nitrogen and oxygen atoms in total. The lowest BCUT2D eigenvalue weighted by molar-refractivity contribution is -0.384. The van der Waals surface area contributed by atoms with E-state index in [0.29, 0.717) is 26.2 Å². The van der Waals surface area contributed by atoms with E-state index in [1.165, 1.54) is 28.0 Å². The van der Waals surface area contributed by atoms with Crippen molar-refractivity contribution in [1.82, 2.24) is 14.4 Å². The summed E-state index contributed by atoms with van der Waals surface area (Å²) in [4.78, 5) is 49.7. The fraction of sp³-hybridized carbons (Fsp3) is 0.438. The zero-order chi connectivity index (χ0) is 19.6. The Hall–Kier alpha value is -3.37. The molecule has 1 aliphatic rings. The van der Waals surface area contributed by atoms with Crippen LogP contribution in [0.5, 0.6) is 0 Å². The monoisotopic (exact) mass is 378 g/mol. The standard InChI is InChI=1S/C16H18N4O7/c1-2-26-15(22)18-7-5-17(6-8-18)14(21)10-19-12-9-11(20(24)25)3-4-13(12)27-16(19)23/h3-4,9H,2,5-8,10H2,1H3. The van der Waals surface area contributed by atoms with Crippen LogP contribution in [0.15, 0.2) is 27.4 Å². The van der Waals surface area contributed by atoms with Gasteiger partial charge in [0.1, 0.15) is 6.54 Å². The Balaban J connectivity index is 1.72. The number of nitro benzene ring substituents is 1. The molecule has 3 rings (SSSR count). The Labute approximate surface area is 152 Å². The highest BCUT2D eigenvalue weighted by Crippen LogP contribution is 2.20. The molecule has 0 N–H and O–H groups in total. The normalized spacial score (nSPS) is 14.4. The van der Waals surface area contributed by atoms with Crippen molar-refractivity contribution in [3.8, 4) is 0 Å². The number of hydrogen-bond acceptors (Lipinski definition) is 7. The highest BCUT2D eigenvalue weighted by Gasteiger charge is 2.26. The number of fused-ring (bicyclic) bond motifs is 1. The number of benzene rings is 1. The molecule has 0 radical (unpaired) electrons. The molecule has 0 unspecified atom stereocenters. The van der Waals surface area contributed by atoms with Crippen LogP contribution in [0.2, 0.25) is 0 Å². The third kappa shape index (κ3) is 3.76. The van der Waals surface area contributed by atoms with Crippen LogP contribution in [-0.4, -0.2) is 64.1 Å². The maximum atomic E-state index is 12.5. The van der Waals surface area contributed by atoms with Gasteiger partial charge in [-0.1, -0.05) is 0 Å². The predicted molar refractivity (Wildman–Crippen MR) is 92.3 cm³/mol. The lowest BCUT2D eigenvalue weighted by Crippen LogP contribution is -2.51. The average molecular weight is 378 g/mol. The van der Waals surface area contributed by atoms with Gasteiger partial charge in [-0.15, -0.1) is 0 Å². The Morgan fingerprint density at radius 3 is 2.52 bits per heavy atom. The largest absolute Gasteiger partial charge is 0.450 e. The maximum Gasteiger partial charge on any atom is 0.420 e. The van der Waals surface area contributed by atoms with Gasteiger partial charge in [-0.05, 0) is 13.0 Å². The van der Waals surface area contributed by atoms with Crippen molar-refractivity contribution in [1.29, 1.82) is 0 Å². The second kappa shape index (κ2) is 7.48. The molecule has 2 aromatic rings. The first-order valence-corrected chi connectivity index (χ1v) is 8.38. The zero-order valence-corrected chi connectivity index (χ0v) is 14.6. The molecule has 1 saturated heterocycles. The van der Waals surface area contributed by atoms with Gasteiger partial charge in [-0.2, -0.15) is 0 Å². The first-order valence-electron chi connectivity index (χ1n) is 8.38. The number of ether oxygens (including phenoxy) is 1. The minimum absolute atomic E-state index is 0.172. The number of amides is 2. The van der Waals surface area contributed by atoms with Crippen LogP contribution < -0.4 is 5.76 Å². The van der Waals surface area contributed by atoms with Gasteiger partial charge in [0.15, 0.2) is 5.58 Å². The molecule has 144 valence electrons. The van der Waals surface area contributed by atoms with E-state index in [2.05, 4.69) is 0 Å². The minimum atomic E-state index is -0.760. The highest BCUT2D eigenvalue weighted by molar-refractivity contribution is 5.81. The Kier molecular flexibility index (Phi) is 5.10. The van der Waals surface area contributed by atoms with Crippen LogP contribution in [0, 0.1) is 10.1 Å². The van der Waals surface area contributed by atoms with Crippen molar-refractivity contribution < 1.29 is 23.7 Å². The molecule has 1 fully saturated rings. The topological polar surface area (TPSA) is 128 Å². The van der Waals surface area contributed by atoms with Crippen LogP contribution >= 0.6 is 0 Å². The van der Waals surface area contributed by atoms with Crippen molar-refractivity contribution in [3.05, 3.63) is 38.9 Å². The average Bonchev–Trinajstić information content (AvgIpc) is 2.96. The number of oxazole rings is 1. The SMILES string of the molecule is CCOC(=O)N1CCN(C(=O)Cn2c(=O)oc3ccc([N+](=O)[O-])cc32)CC1. The van der Waals surface area contributed by atoms with Crippen molar-refractivity contribution in [2.45, 2.75) is 13.5 Å². The van der Waals surface area contributed by atoms with Crippen LogP contribution in [0.3, 0.4) is 0 Å². The Bertz CT molecular complexity index is 940. The molecule has 0 bridgehead atoms. The van der Waals surface area contributed by atoms with E-state index in [1.807, 2.05) is 0 Å². The number of carbonyl (C=O) groups excluding carboxylic acids is 2. The van der Waals surface area contributed by atoms with E-state index < -0.39 is 16.8 Å². The fourth-order valence-corrected chi connectivity index (χ4v) is 2.90. The lowest BCUT2D eigenvalue weighted by Gasteiger charge is -2.34. The molecule has 1 aromatic heterocycles. The summed E-state index contributed by atoms with van der Waals surface area (Å²) in [7, 11) is 0. The fourth-order valence-electron chi connectivity index (χ4n) is 2.90. The number of rotatable bonds is 4. The van der Waals surface area contributed by atoms with E-state index in [1.54, 1.807) is 6.92 Å². The molecule has 0 spiro atoms. The zero-order valence-electron chi connectivity index (χ0n) is 14.6. The molecule has 2 amide bonds. The minimum Gasteiger partial charge on any atom is -0.450 e. The summed E-state index contributed by atoms with van der Waals surface area (Å²) >= 11 is 0. The van der Waals surface area contributed by atoms with Gasteiger partial charge in [0.2, 0.25) is 5.91 Å². The number of nitrogens with zero attached hydrogens (tertiary/aromatic N) is 4. The van der Waals surface area contributed by atoms with Gasteiger partial charge in [-0.3, -0.25) is 19.5 Å². The van der Waals surface area contributed by atoms with Gasteiger partial charge in [-0.25, -0.2) is 9.59 Å². The summed E-state index contributed by atoms with van der Waals surface area (Å²) in [6.07, 6.45) is -0.422. The number of aromatic nitrogens is 1. The molecule has 2 heterocycles. The van der Waals surface area contributed by atoms with E-state index in [0.717, 1.165) is 4.57 Å². The molecule has 0 atom stereocenters. The summed E-state index contributed by atoms with van der Waals surface area (Å²) in [6, 6.07) is 3.76. The van der Waals surface area contributed by atoms with E-state index in [9.17, 15) is 24.5 Å². The first kappa shape index (κ1) is 18.4. The Morgan fingerprint density at radius 1 is 1.22 bits per heavy atom. The van der Waals surface area contributed by atoms with E-state index in [-0.39, 0.29) is 35.8 Å². The third-order valence-corrected chi connectivity index (χ3v) is 4.31. The number of hydrogen-bond donors (Lipinski definition) is 0. The Morgan fingerprint density at radius 2 is 1.89 bits per heavy atom. The molecule has 27 heavy (non-hydrogen) atoms. The molecule has 11 heteroatoms. The lowest BCUT2D eigenvalue weighted by atomic mass is 10.3. The van der Waals surface area contributed by atoms with Crippen molar-refractivity contribution in [2.75, 3.05) is 32.8 Å². The molecule has 0 saturated carbocycles. The predicted octanol–water partition coefficient (Wildman–Crippen LogP) is 0.803. The van der Waals surface area contributed by atoms with E-state index in [4.69, 9.17) is 9.15 Å². The molecule has 1 aliphatic heterocycles. The van der Waals surface area contributed by atoms with Crippen molar-refractivity contribution >= 4 is 28.8 Å². The second-order valence-corrected chi connectivity index (χ2v) is 5.93.